The molecule has 0 radical (unpaired) electrons. The fraction of sp³-hybridized carbons (Fsp3) is 0.0222. The van der Waals surface area contributed by atoms with E-state index in [2.05, 4.69) is 146 Å². The Morgan fingerprint density at radius 1 is 0.396 bits per heavy atom. The van der Waals surface area contributed by atoms with Crippen LogP contribution in [0.3, 0.4) is 0 Å². The molecular formula is C45H28N2O. The number of hydrogen-bond donors (Lipinski definition) is 0. The van der Waals surface area contributed by atoms with Crippen LogP contribution in [0.5, 0.6) is 11.5 Å². The molecule has 8 aromatic rings. The summed E-state index contributed by atoms with van der Waals surface area (Å²) in [5, 5.41) is 1.03. The van der Waals surface area contributed by atoms with Crippen molar-refractivity contribution in [3.05, 3.63) is 192 Å². The van der Waals surface area contributed by atoms with Crippen LogP contribution in [-0.2, 0) is 5.41 Å². The van der Waals surface area contributed by atoms with Crippen molar-refractivity contribution in [2.45, 2.75) is 5.41 Å². The zero-order valence-electron chi connectivity index (χ0n) is 26.0. The highest BCUT2D eigenvalue weighted by Crippen LogP contribution is 2.62. The Morgan fingerprint density at radius 2 is 1.00 bits per heavy atom. The molecule has 2 heterocycles. The highest BCUT2D eigenvalue weighted by molar-refractivity contribution is 5.95. The summed E-state index contributed by atoms with van der Waals surface area (Å²) >= 11 is 0. The predicted octanol–water partition coefficient (Wildman–Crippen LogP) is 11.1. The molecule has 7 aromatic carbocycles. The molecule has 3 heteroatoms. The Kier molecular flexibility index (Phi) is 5.79. The Balaban J connectivity index is 1.15. The molecule has 1 aliphatic carbocycles. The number of rotatable bonds is 3. The van der Waals surface area contributed by atoms with Gasteiger partial charge in [-0.05, 0) is 57.6 Å². The van der Waals surface area contributed by atoms with Crippen LogP contribution < -0.4 is 4.74 Å². The minimum absolute atomic E-state index is 0.467. The maximum absolute atomic E-state index is 6.77. The second-order valence-corrected chi connectivity index (χ2v) is 12.5. The average Bonchev–Trinajstić information content (AvgIpc) is 3.45. The fourth-order valence-electron chi connectivity index (χ4n) is 7.90. The van der Waals surface area contributed by atoms with E-state index in [0.717, 1.165) is 61.7 Å². The van der Waals surface area contributed by atoms with Gasteiger partial charge in [-0.15, -0.1) is 0 Å². The van der Waals surface area contributed by atoms with Crippen LogP contribution >= 0.6 is 0 Å². The van der Waals surface area contributed by atoms with Gasteiger partial charge in [-0.25, -0.2) is 9.97 Å². The summed E-state index contributed by atoms with van der Waals surface area (Å²) in [5.74, 6) is 2.49. The maximum Gasteiger partial charge on any atom is 0.160 e. The van der Waals surface area contributed by atoms with Crippen molar-refractivity contribution >= 4 is 10.9 Å². The molecule has 10 rings (SSSR count). The lowest BCUT2D eigenvalue weighted by molar-refractivity contribution is 0.436. The summed E-state index contributed by atoms with van der Waals surface area (Å²) in [6.45, 7) is 0. The van der Waals surface area contributed by atoms with E-state index in [1.807, 2.05) is 24.3 Å². The Bertz CT molecular complexity index is 2510. The summed E-state index contributed by atoms with van der Waals surface area (Å²) in [6, 6.07) is 60.0. The third-order valence-electron chi connectivity index (χ3n) is 9.95. The van der Waals surface area contributed by atoms with Crippen LogP contribution in [0.25, 0.3) is 55.8 Å². The van der Waals surface area contributed by atoms with Crippen LogP contribution in [0.2, 0.25) is 0 Å². The first-order valence-corrected chi connectivity index (χ1v) is 16.3. The molecule has 0 fully saturated rings. The number of ether oxygens (including phenoxy) is 1. The quantitative estimate of drug-likeness (QED) is 0.199. The Hall–Kier alpha value is -6.32. The van der Waals surface area contributed by atoms with Gasteiger partial charge in [0, 0.05) is 27.6 Å². The van der Waals surface area contributed by atoms with Gasteiger partial charge in [0.1, 0.15) is 11.5 Å². The van der Waals surface area contributed by atoms with E-state index in [9.17, 15) is 0 Å². The SMILES string of the molecule is c1ccc(-c2nc(-c3cccc(-c4ccc5c(c4)Oc4ccccc4C54c5ccccc5-c5ccccc54)c3)c3ccccc3n2)cc1. The van der Waals surface area contributed by atoms with E-state index in [1.54, 1.807) is 0 Å². The van der Waals surface area contributed by atoms with Crippen LogP contribution in [0, 0.1) is 0 Å². The van der Waals surface area contributed by atoms with Gasteiger partial charge in [0.15, 0.2) is 5.82 Å². The first-order chi connectivity index (χ1) is 23.8. The lowest BCUT2D eigenvalue weighted by Crippen LogP contribution is -2.32. The molecule has 0 amide bonds. The first-order valence-electron chi connectivity index (χ1n) is 16.3. The van der Waals surface area contributed by atoms with Crippen molar-refractivity contribution in [2.24, 2.45) is 0 Å². The minimum Gasteiger partial charge on any atom is -0.457 e. The van der Waals surface area contributed by atoms with Crippen LogP contribution in [0.4, 0.5) is 0 Å². The van der Waals surface area contributed by atoms with E-state index in [-0.39, 0.29) is 0 Å². The number of benzene rings is 7. The molecule has 3 nitrogen and oxygen atoms in total. The summed E-state index contributed by atoms with van der Waals surface area (Å²) in [5.41, 5.74) is 13.1. The van der Waals surface area contributed by atoms with Gasteiger partial charge in [-0.2, -0.15) is 0 Å². The standard InChI is InChI=1S/C45H28N2O/c1-2-13-29(14-3-1)44-46-40-23-10-6-19-35(40)43(47-44)32-16-12-15-30(27-32)31-25-26-39-42(28-31)48-41-24-11-9-22-38(41)45(39)36-20-7-4-17-33(36)34-18-5-8-21-37(34)45/h1-28H. The highest BCUT2D eigenvalue weighted by Gasteiger charge is 2.50. The molecule has 1 aliphatic heterocycles. The lowest BCUT2D eigenvalue weighted by Gasteiger charge is -2.39. The molecule has 0 bridgehead atoms. The molecule has 224 valence electrons. The Labute approximate surface area is 278 Å². The van der Waals surface area contributed by atoms with Gasteiger partial charge in [-0.1, -0.05) is 146 Å². The van der Waals surface area contributed by atoms with Gasteiger partial charge in [0.2, 0.25) is 0 Å². The average molecular weight is 613 g/mol. The zero-order valence-corrected chi connectivity index (χ0v) is 26.0. The van der Waals surface area contributed by atoms with Crippen molar-refractivity contribution in [2.75, 3.05) is 0 Å². The molecule has 1 spiro atoms. The summed E-state index contributed by atoms with van der Waals surface area (Å²) < 4.78 is 6.77. The minimum atomic E-state index is -0.467. The number of hydrogen-bond acceptors (Lipinski definition) is 3. The molecule has 0 unspecified atom stereocenters. The summed E-state index contributed by atoms with van der Waals surface area (Å²) in [7, 11) is 0. The van der Waals surface area contributed by atoms with Gasteiger partial charge >= 0.3 is 0 Å². The van der Waals surface area contributed by atoms with Gasteiger partial charge in [-0.3, -0.25) is 0 Å². The first kappa shape index (κ1) is 26.9. The van der Waals surface area contributed by atoms with Crippen molar-refractivity contribution in [3.63, 3.8) is 0 Å². The number of nitrogens with zero attached hydrogens (tertiary/aromatic N) is 2. The van der Waals surface area contributed by atoms with Gasteiger partial charge in [0.25, 0.3) is 0 Å². The molecule has 2 aliphatic rings. The third kappa shape index (κ3) is 3.82. The number of para-hydroxylation sites is 2. The lowest BCUT2D eigenvalue weighted by atomic mass is 9.66. The van der Waals surface area contributed by atoms with Crippen LogP contribution in [0.15, 0.2) is 170 Å². The van der Waals surface area contributed by atoms with E-state index in [1.165, 1.54) is 27.8 Å². The van der Waals surface area contributed by atoms with E-state index < -0.39 is 5.41 Å². The molecule has 0 atom stereocenters. The monoisotopic (exact) mass is 612 g/mol. The summed E-state index contributed by atoms with van der Waals surface area (Å²) in [6.07, 6.45) is 0. The zero-order chi connectivity index (χ0) is 31.7. The molecule has 0 saturated carbocycles. The second kappa shape index (κ2) is 10.3. The number of fused-ring (bicyclic) bond motifs is 10. The number of aromatic nitrogens is 2. The van der Waals surface area contributed by atoms with E-state index in [0.29, 0.717) is 0 Å². The van der Waals surface area contributed by atoms with Crippen molar-refractivity contribution in [1.29, 1.82) is 0 Å². The highest BCUT2D eigenvalue weighted by atomic mass is 16.5. The fourth-order valence-corrected chi connectivity index (χ4v) is 7.90. The third-order valence-corrected chi connectivity index (χ3v) is 9.95. The smallest absolute Gasteiger partial charge is 0.160 e. The predicted molar refractivity (Wildman–Crippen MR) is 193 cm³/mol. The molecule has 0 N–H and O–H groups in total. The van der Waals surface area contributed by atoms with Crippen molar-refractivity contribution in [3.8, 4) is 56.4 Å². The second-order valence-electron chi connectivity index (χ2n) is 12.5. The van der Waals surface area contributed by atoms with Crippen molar-refractivity contribution in [1.82, 2.24) is 9.97 Å². The van der Waals surface area contributed by atoms with Crippen molar-refractivity contribution < 1.29 is 4.74 Å². The van der Waals surface area contributed by atoms with Gasteiger partial charge < -0.3 is 4.74 Å². The van der Waals surface area contributed by atoms with E-state index in [4.69, 9.17) is 14.7 Å². The largest absolute Gasteiger partial charge is 0.457 e. The van der Waals surface area contributed by atoms with Gasteiger partial charge in [0.05, 0.1) is 16.6 Å². The molecular weight excluding hydrogens is 585 g/mol. The molecule has 1 aromatic heterocycles. The van der Waals surface area contributed by atoms with E-state index >= 15 is 0 Å². The van der Waals surface area contributed by atoms with Crippen LogP contribution in [0.1, 0.15) is 22.3 Å². The summed E-state index contributed by atoms with van der Waals surface area (Å²) in [4.78, 5) is 10.0. The molecule has 0 saturated heterocycles. The maximum atomic E-state index is 6.77. The topological polar surface area (TPSA) is 35.0 Å². The molecule has 48 heavy (non-hydrogen) atoms. The van der Waals surface area contributed by atoms with Crippen LogP contribution in [-0.4, -0.2) is 9.97 Å². The normalized spacial score (nSPS) is 13.3. The Morgan fingerprint density at radius 3 is 1.81 bits per heavy atom.